The molecule has 2 aromatic rings. The number of rotatable bonds is 7. The molecule has 1 aliphatic heterocycles. The first-order chi connectivity index (χ1) is 14.0. The molecule has 1 heterocycles. The Kier molecular flexibility index (Phi) is 7.09. The number of hydrogen-bond acceptors (Lipinski definition) is 4. The van der Waals surface area contributed by atoms with Crippen LogP contribution in [-0.2, 0) is 4.79 Å². The van der Waals surface area contributed by atoms with Crippen LogP contribution in [-0.4, -0.2) is 50.6 Å². The van der Waals surface area contributed by atoms with Crippen LogP contribution in [0.4, 0.5) is 10.1 Å². The molecular weight excluding hydrogens is 369 g/mol. The summed E-state index contributed by atoms with van der Waals surface area (Å²) in [6.07, 6.45) is 0. The third-order valence-electron chi connectivity index (χ3n) is 5.43. The maximum atomic E-state index is 13.2. The van der Waals surface area contributed by atoms with Crippen LogP contribution >= 0.6 is 0 Å². The second-order valence-corrected chi connectivity index (χ2v) is 7.69. The highest BCUT2D eigenvalue weighted by Gasteiger charge is 2.24. The number of nitrogens with zero attached hydrogens (tertiary/aromatic N) is 2. The third kappa shape index (κ3) is 5.26. The Morgan fingerprint density at radius 3 is 2.34 bits per heavy atom. The van der Waals surface area contributed by atoms with E-state index in [1.54, 1.807) is 19.2 Å². The number of carbonyl (C=O) groups is 1. The molecule has 2 aromatic carbocycles. The molecule has 0 bridgehead atoms. The molecule has 1 amide bonds. The lowest BCUT2D eigenvalue weighted by Crippen LogP contribution is -2.51. The molecule has 3 rings (SSSR count). The lowest BCUT2D eigenvalue weighted by atomic mass is 9.96. The van der Waals surface area contributed by atoms with Crippen molar-refractivity contribution in [3.63, 3.8) is 0 Å². The van der Waals surface area contributed by atoms with Gasteiger partial charge in [0.1, 0.15) is 11.6 Å². The van der Waals surface area contributed by atoms with Crippen LogP contribution in [0.25, 0.3) is 0 Å². The van der Waals surface area contributed by atoms with Crippen molar-refractivity contribution < 1.29 is 13.9 Å². The summed E-state index contributed by atoms with van der Waals surface area (Å²) in [5.74, 6) is 0.987. The van der Waals surface area contributed by atoms with Crippen molar-refractivity contribution in [2.45, 2.75) is 19.9 Å². The van der Waals surface area contributed by atoms with Crippen LogP contribution in [0.3, 0.4) is 0 Å². The quantitative estimate of drug-likeness (QED) is 0.774. The molecule has 29 heavy (non-hydrogen) atoms. The Hall–Kier alpha value is -2.60. The summed E-state index contributed by atoms with van der Waals surface area (Å²) in [6, 6.07) is 14.5. The van der Waals surface area contributed by atoms with Crippen LogP contribution in [0.15, 0.2) is 48.5 Å². The zero-order chi connectivity index (χ0) is 20.8. The molecule has 0 saturated carbocycles. The normalized spacial score (nSPS) is 15.5. The van der Waals surface area contributed by atoms with Gasteiger partial charge in [-0.05, 0) is 35.7 Å². The van der Waals surface area contributed by atoms with Gasteiger partial charge in [-0.3, -0.25) is 4.79 Å². The summed E-state index contributed by atoms with van der Waals surface area (Å²) in [7, 11) is 1.68. The number of carbonyl (C=O) groups excluding carboxylic acids is 1. The molecule has 1 fully saturated rings. The van der Waals surface area contributed by atoms with Crippen molar-refractivity contribution in [2.75, 3.05) is 44.7 Å². The molecule has 6 heteroatoms. The highest BCUT2D eigenvalue weighted by atomic mass is 19.1. The van der Waals surface area contributed by atoms with E-state index in [1.165, 1.54) is 12.1 Å². The highest BCUT2D eigenvalue weighted by Crippen LogP contribution is 2.28. The van der Waals surface area contributed by atoms with Crippen LogP contribution in [0.1, 0.15) is 25.5 Å². The van der Waals surface area contributed by atoms with Gasteiger partial charge in [0.25, 0.3) is 0 Å². The minimum absolute atomic E-state index is 0.00872. The Morgan fingerprint density at radius 2 is 1.72 bits per heavy atom. The second-order valence-electron chi connectivity index (χ2n) is 7.69. The van der Waals surface area contributed by atoms with E-state index in [9.17, 15) is 9.18 Å². The molecular formula is C23H30FN3O2. The van der Waals surface area contributed by atoms with Gasteiger partial charge < -0.3 is 19.9 Å². The van der Waals surface area contributed by atoms with E-state index in [2.05, 4.69) is 24.1 Å². The molecule has 1 aliphatic rings. The van der Waals surface area contributed by atoms with Crippen LogP contribution in [0.5, 0.6) is 5.75 Å². The van der Waals surface area contributed by atoms with Gasteiger partial charge in [-0.15, -0.1) is 0 Å². The Bertz CT molecular complexity index is 802. The number of methoxy groups -OCH3 is 1. The number of nitrogens with one attached hydrogen (secondary N) is 1. The van der Waals surface area contributed by atoms with Gasteiger partial charge in [-0.1, -0.05) is 38.1 Å². The van der Waals surface area contributed by atoms with Gasteiger partial charge in [-0.25, -0.2) is 4.39 Å². The molecule has 0 aliphatic carbocycles. The maximum absolute atomic E-state index is 13.2. The first-order valence-corrected chi connectivity index (χ1v) is 10.1. The highest BCUT2D eigenvalue weighted by molar-refractivity contribution is 5.78. The van der Waals surface area contributed by atoms with E-state index in [0.717, 1.165) is 30.1 Å². The van der Waals surface area contributed by atoms with E-state index in [0.29, 0.717) is 13.1 Å². The molecule has 1 N–H and O–H groups in total. The third-order valence-corrected chi connectivity index (χ3v) is 5.43. The van der Waals surface area contributed by atoms with Crippen molar-refractivity contribution in [2.24, 2.45) is 5.92 Å². The first-order valence-electron chi connectivity index (χ1n) is 10.1. The Balaban J connectivity index is 1.54. The summed E-state index contributed by atoms with van der Waals surface area (Å²) in [5.41, 5.74) is 2.06. The van der Waals surface area contributed by atoms with Crippen molar-refractivity contribution in [3.05, 3.63) is 59.9 Å². The fourth-order valence-corrected chi connectivity index (χ4v) is 3.81. The van der Waals surface area contributed by atoms with Gasteiger partial charge in [0.2, 0.25) is 5.91 Å². The average molecular weight is 400 g/mol. The van der Waals surface area contributed by atoms with Crippen molar-refractivity contribution in [1.29, 1.82) is 0 Å². The molecule has 156 valence electrons. The maximum Gasteiger partial charge on any atom is 0.236 e. The molecule has 0 spiro atoms. The SMILES string of the molecule is COc1ccccc1N1CCN(C(=O)CN[C@H](c2ccc(F)cc2)C(C)C)CC1. The Labute approximate surface area is 172 Å². The molecule has 1 saturated heterocycles. The van der Waals surface area contributed by atoms with Gasteiger partial charge in [-0.2, -0.15) is 0 Å². The van der Waals surface area contributed by atoms with Crippen molar-refractivity contribution in [3.8, 4) is 5.75 Å². The number of benzene rings is 2. The van der Waals surface area contributed by atoms with Gasteiger partial charge in [0, 0.05) is 32.2 Å². The van der Waals surface area contributed by atoms with E-state index in [1.807, 2.05) is 29.2 Å². The van der Waals surface area contributed by atoms with Crippen LogP contribution < -0.4 is 15.0 Å². The zero-order valence-corrected chi connectivity index (χ0v) is 17.4. The number of para-hydroxylation sites is 2. The number of anilines is 1. The summed E-state index contributed by atoms with van der Waals surface area (Å²) in [6.45, 7) is 7.38. The Morgan fingerprint density at radius 1 is 1.07 bits per heavy atom. The van der Waals surface area contributed by atoms with E-state index in [-0.39, 0.29) is 30.2 Å². The minimum Gasteiger partial charge on any atom is -0.495 e. The first kappa shape index (κ1) is 21.1. The van der Waals surface area contributed by atoms with E-state index >= 15 is 0 Å². The zero-order valence-electron chi connectivity index (χ0n) is 17.4. The summed E-state index contributed by atoms with van der Waals surface area (Å²) < 4.78 is 18.7. The lowest BCUT2D eigenvalue weighted by molar-refractivity contribution is -0.130. The fourth-order valence-electron chi connectivity index (χ4n) is 3.81. The van der Waals surface area contributed by atoms with Crippen molar-refractivity contribution >= 4 is 11.6 Å². The molecule has 0 unspecified atom stereocenters. The van der Waals surface area contributed by atoms with E-state index < -0.39 is 0 Å². The molecule has 0 radical (unpaired) electrons. The molecule has 0 aromatic heterocycles. The minimum atomic E-state index is -0.250. The predicted molar refractivity (Wildman–Crippen MR) is 114 cm³/mol. The predicted octanol–water partition coefficient (Wildman–Crippen LogP) is 3.47. The largest absolute Gasteiger partial charge is 0.495 e. The number of halogens is 1. The summed E-state index contributed by atoms with van der Waals surface area (Å²) in [5, 5.41) is 3.37. The topological polar surface area (TPSA) is 44.8 Å². The van der Waals surface area contributed by atoms with Crippen LogP contribution in [0, 0.1) is 11.7 Å². The summed E-state index contributed by atoms with van der Waals surface area (Å²) >= 11 is 0. The number of hydrogen-bond donors (Lipinski definition) is 1. The number of amides is 1. The standard InChI is InChI=1S/C23H30FN3O2/c1-17(2)23(18-8-10-19(24)11-9-18)25-16-22(28)27-14-12-26(13-15-27)20-6-4-5-7-21(20)29-3/h4-11,17,23,25H,12-16H2,1-3H3/t23-/m0/s1. The second kappa shape index (κ2) is 9.74. The van der Waals surface area contributed by atoms with Crippen LogP contribution in [0.2, 0.25) is 0 Å². The van der Waals surface area contributed by atoms with Gasteiger partial charge in [0.05, 0.1) is 19.3 Å². The lowest BCUT2D eigenvalue weighted by Gasteiger charge is -2.37. The number of piperazine rings is 1. The number of ether oxygens (including phenoxy) is 1. The molecule has 5 nitrogen and oxygen atoms in total. The average Bonchev–Trinajstić information content (AvgIpc) is 2.75. The smallest absolute Gasteiger partial charge is 0.236 e. The van der Waals surface area contributed by atoms with Crippen molar-refractivity contribution in [1.82, 2.24) is 10.2 Å². The van der Waals surface area contributed by atoms with E-state index in [4.69, 9.17) is 4.74 Å². The van der Waals surface area contributed by atoms with Gasteiger partial charge >= 0.3 is 0 Å². The summed E-state index contributed by atoms with van der Waals surface area (Å²) in [4.78, 5) is 16.9. The fraction of sp³-hybridized carbons (Fsp3) is 0.435. The molecule has 1 atom stereocenters. The monoisotopic (exact) mass is 399 g/mol. The van der Waals surface area contributed by atoms with Gasteiger partial charge in [0.15, 0.2) is 0 Å².